The van der Waals surface area contributed by atoms with Crippen molar-refractivity contribution in [3.63, 3.8) is 0 Å². The SMILES string of the molecule is O=C(CCN1CCOCC1)Nc1ccc2c(=O)n(CC3(O)CCNCC3)cnc2c1. The fraction of sp³-hybridized carbons (Fsp3) is 0.571. The van der Waals surface area contributed by atoms with Crippen LogP contribution in [0.2, 0.25) is 0 Å². The van der Waals surface area contributed by atoms with E-state index in [0.29, 0.717) is 55.6 Å². The standard InChI is InChI=1S/C21H29N5O4/c27-19(3-8-25-9-11-30-12-10-25)24-16-1-2-17-18(13-16)23-15-26(20(17)28)14-21(29)4-6-22-7-5-21/h1-2,13,15,22,29H,3-12,14H2,(H,24,27). The molecule has 4 rings (SSSR count). The van der Waals surface area contributed by atoms with Crippen molar-refractivity contribution in [1.29, 1.82) is 0 Å². The van der Waals surface area contributed by atoms with Crippen LogP contribution in [0.3, 0.4) is 0 Å². The number of piperidine rings is 1. The lowest BCUT2D eigenvalue weighted by Crippen LogP contribution is -2.46. The Morgan fingerprint density at radius 1 is 1.27 bits per heavy atom. The molecule has 2 aromatic rings. The van der Waals surface area contributed by atoms with E-state index in [1.165, 1.54) is 10.9 Å². The molecule has 0 bridgehead atoms. The van der Waals surface area contributed by atoms with E-state index in [0.717, 1.165) is 26.2 Å². The lowest BCUT2D eigenvalue weighted by molar-refractivity contribution is -0.116. The van der Waals surface area contributed by atoms with Crippen LogP contribution >= 0.6 is 0 Å². The highest BCUT2D eigenvalue weighted by Gasteiger charge is 2.30. The largest absolute Gasteiger partial charge is 0.388 e. The molecule has 9 heteroatoms. The predicted octanol–water partition coefficient (Wildman–Crippen LogP) is 0.172. The van der Waals surface area contributed by atoms with Gasteiger partial charge in [-0.05, 0) is 44.1 Å². The molecule has 3 N–H and O–H groups in total. The van der Waals surface area contributed by atoms with Gasteiger partial charge in [0.05, 0.1) is 42.6 Å². The van der Waals surface area contributed by atoms with Gasteiger partial charge in [0.1, 0.15) is 0 Å². The molecule has 2 saturated heterocycles. The van der Waals surface area contributed by atoms with Gasteiger partial charge in [-0.25, -0.2) is 4.98 Å². The molecule has 2 aliphatic rings. The maximum Gasteiger partial charge on any atom is 0.261 e. The van der Waals surface area contributed by atoms with Gasteiger partial charge in [-0.15, -0.1) is 0 Å². The molecule has 0 saturated carbocycles. The maximum atomic E-state index is 12.8. The van der Waals surface area contributed by atoms with E-state index in [-0.39, 0.29) is 18.0 Å². The van der Waals surface area contributed by atoms with Crippen LogP contribution in [0.25, 0.3) is 10.9 Å². The summed E-state index contributed by atoms with van der Waals surface area (Å²) in [5.74, 6) is -0.0673. The predicted molar refractivity (Wildman–Crippen MR) is 114 cm³/mol. The lowest BCUT2D eigenvalue weighted by atomic mass is 9.92. The Balaban J connectivity index is 1.41. The van der Waals surface area contributed by atoms with Gasteiger partial charge < -0.3 is 20.5 Å². The first-order valence-electron chi connectivity index (χ1n) is 10.5. The van der Waals surface area contributed by atoms with E-state index in [1.807, 2.05) is 0 Å². The maximum absolute atomic E-state index is 12.8. The number of fused-ring (bicyclic) bond motifs is 1. The van der Waals surface area contributed by atoms with Crippen LogP contribution in [0.4, 0.5) is 5.69 Å². The molecule has 30 heavy (non-hydrogen) atoms. The number of carbonyl (C=O) groups excluding carboxylic acids is 1. The number of hydrogen-bond donors (Lipinski definition) is 3. The number of aliphatic hydroxyl groups is 1. The average molecular weight is 415 g/mol. The number of morpholine rings is 1. The van der Waals surface area contributed by atoms with E-state index in [2.05, 4.69) is 20.5 Å². The van der Waals surface area contributed by atoms with E-state index in [9.17, 15) is 14.7 Å². The second-order valence-corrected chi connectivity index (χ2v) is 8.14. The fourth-order valence-electron chi connectivity index (χ4n) is 4.02. The lowest BCUT2D eigenvalue weighted by Gasteiger charge is -2.32. The number of hydrogen-bond acceptors (Lipinski definition) is 7. The second kappa shape index (κ2) is 9.22. The van der Waals surface area contributed by atoms with Gasteiger partial charge in [-0.1, -0.05) is 0 Å². The van der Waals surface area contributed by atoms with Crippen LogP contribution < -0.4 is 16.2 Å². The quantitative estimate of drug-likeness (QED) is 0.617. The molecule has 0 atom stereocenters. The Kier molecular flexibility index (Phi) is 6.43. The molecule has 162 valence electrons. The molecule has 0 aliphatic carbocycles. The normalized spacial score (nSPS) is 19.6. The monoisotopic (exact) mass is 415 g/mol. The van der Waals surface area contributed by atoms with Crippen molar-refractivity contribution < 1.29 is 14.6 Å². The van der Waals surface area contributed by atoms with Crippen molar-refractivity contribution in [3.8, 4) is 0 Å². The summed E-state index contributed by atoms with van der Waals surface area (Å²) in [5, 5.41) is 17.3. The minimum Gasteiger partial charge on any atom is -0.388 e. The molecule has 2 aliphatic heterocycles. The number of benzene rings is 1. The third-order valence-electron chi connectivity index (χ3n) is 5.87. The van der Waals surface area contributed by atoms with E-state index in [1.54, 1.807) is 18.2 Å². The van der Waals surface area contributed by atoms with Gasteiger partial charge in [0, 0.05) is 31.7 Å². The van der Waals surface area contributed by atoms with Gasteiger partial charge in [0.25, 0.3) is 5.56 Å². The average Bonchev–Trinajstić information content (AvgIpc) is 2.75. The molecule has 3 heterocycles. The van der Waals surface area contributed by atoms with Gasteiger partial charge in [0.2, 0.25) is 5.91 Å². The number of ether oxygens (including phenoxy) is 1. The first-order valence-corrected chi connectivity index (χ1v) is 10.5. The molecule has 1 aromatic heterocycles. The van der Waals surface area contributed by atoms with Crippen LogP contribution in [-0.4, -0.2) is 77.0 Å². The Hall–Kier alpha value is -2.33. The number of rotatable bonds is 6. The Labute approximate surface area is 175 Å². The minimum absolute atomic E-state index is 0.0673. The Bertz CT molecular complexity index is 948. The highest BCUT2D eigenvalue weighted by Crippen LogP contribution is 2.20. The second-order valence-electron chi connectivity index (χ2n) is 8.14. The summed E-state index contributed by atoms with van der Waals surface area (Å²) < 4.78 is 6.80. The molecule has 1 aromatic carbocycles. The third-order valence-corrected chi connectivity index (χ3v) is 5.87. The zero-order chi connectivity index (χ0) is 21.0. The van der Waals surface area contributed by atoms with Crippen molar-refractivity contribution in [2.45, 2.75) is 31.4 Å². The number of amides is 1. The van der Waals surface area contributed by atoms with Crippen LogP contribution in [0, 0.1) is 0 Å². The Morgan fingerprint density at radius 3 is 2.80 bits per heavy atom. The van der Waals surface area contributed by atoms with Crippen molar-refractivity contribution >= 4 is 22.5 Å². The van der Waals surface area contributed by atoms with Crippen LogP contribution in [0.15, 0.2) is 29.3 Å². The molecule has 9 nitrogen and oxygen atoms in total. The minimum atomic E-state index is -0.890. The topological polar surface area (TPSA) is 109 Å². The van der Waals surface area contributed by atoms with Crippen molar-refractivity contribution in [3.05, 3.63) is 34.9 Å². The summed E-state index contributed by atoms with van der Waals surface area (Å²) in [6.45, 7) is 5.53. The van der Waals surface area contributed by atoms with Crippen molar-refractivity contribution in [1.82, 2.24) is 19.8 Å². The van der Waals surface area contributed by atoms with Gasteiger partial charge in [-0.2, -0.15) is 0 Å². The van der Waals surface area contributed by atoms with Crippen LogP contribution in [-0.2, 0) is 16.1 Å². The van der Waals surface area contributed by atoms with Gasteiger partial charge in [-0.3, -0.25) is 19.1 Å². The molecular weight excluding hydrogens is 386 g/mol. The summed E-state index contributed by atoms with van der Waals surface area (Å²) in [5.41, 5.74) is 0.0755. The van der Waals surface area contributed by atoms with Crippen LogP contribution in [0.1, 0.15) is 19.3 Å². The molecule has 2 fully saturated rings. The smallest absolute Gasteiger partial charge is 0.261 e. The number of nitrogens with one attached hydrogen (secondary N) is 2. The van der Waals surface area contributed by atoms with E-state index < -0.39 is 5.60 Å². The summed E-state index contributed by atoms with van der Waals surface area (Å²) in [7, 11) is 0. The zero-order valence-corrected chi connectivity index (χ0v) is 17.1. The fourth-order valence-corrected chi connectivity index (χ4v) is 4.02. The number of nitrogens with zero attached hydrogens (tertiary/aromatic N) is 3. The summed E-state index contributed by atoms with van der Waals surface area (Å²) >= 11 is 0. The van der Waals surface area contributed by atoms with Gasteiger partial charge >= 0.3 is 0 Å². The molecular formula is C21H29N5O4. The highest BCUT2D eigenvalue weighted by atomic mass is 16.5. The Morgan fingerprint density at radius 2 is 2.03 bits per heavy atom. The van der Waals surface area contributed by atoms with E-state index >= 15 is 0 Å². The first kappa shape index (κ1) is 20.9. The summed E-state index contributed by atoms with van der Waals surface area (Å²) in [4.78, 5) is 31.7. The summed E-state index contributed by atoms with van der Waals surface area (Å²) in [6, 6.07) is 5.12. The summed E-state index contributed by atoms with van der Waals surface area (Å²) in [6.07, 6.45) is 3.09. The molecule has 0 spiro atoms. The van der Waals surface area contributed by atoms with Gasteiger partial charge in [0.15, 0.2) is 0 Å². The number of carbonyl (C=O) groups is 1. The molecule has 0 unspecified atom stereocenters. The molecule has 0 radical (unpaired) electrons. The van der Waals surface area contributed by atoms with Crippen molar-refractivity contribution in [2.24, 2.45) is 0 Å². The first-order chi connectivity index (χ1) is 14.5. The number of anilines is 1. The third kappa shape index (κ3) is 5.04. The number of aromatic nitrogens is 2. The highest BCUT2D eigenvalue weighted by molar-refractivity contribution is 5.93. The zero-order valence-electron chi connectivity index (χ0n) is 17.1. The van der Waals surface area contributed by atoms with E-state index in [4.69, 9.17) is 4.74 Å². The van der Waals surface area contributed by atoms with Crippen LogP contribution in [0.5, 0.6) is 0 Å². The molecule has 1 amide bonds. The van der Waals surface area contributed by atoms with Crippen molar-refractivity contribution in [2.75, 3.05) is 51.3 Å².